The van der Waals surface area contributed by atoms with Crippen LogP contribution in [0.3, 0.4) is 0 Å². The molecule has 1 aromatic carbocycles. The van der Waals surface area contributed by atoms with Gasteiger partial charge in [-0.2, -0.15) is 5.10 Å². The quantitative estimate of drug-likeness (QED) is 0.922. The summed E-state index contributed by atoms with van der Waals surface area (Å²) < 4.78 is 1.76. The van der Waals surface area contributed by atoms with E-state index in [9.17, 15) is 4.79 Å². The van der Waals surface area contributed by atoms with E-state index in [1.54, 1.807) is 17.7 Å². The number of halogens is 1. The Kier molecular flexibility index (Phi) is 3.99. The van der Waals surface area contributed by atoms with Gasteiger partial charge < -0.3 is 5.32 Å². The molecule has 18 heavy (non-hydrogen) atoms. The largest absolute Gasteiger partial charge is 0.309 e. The second-order valence-corrected chi connectivity index (χ2v) is 4.37. The molecule has 2 rings (SSSR count). The van der Waals surface area contributed by atoms with E-state index in [-0.39, 0.29) is 5.91 Å². The molecule has 2 aromatic rings. The summed E-state index contributed by atoms with van der Waals surface area (Å²) in [5, 5.41) is 7.68. The molecule has 0 saturated carbocycles. The molecule has 5 heteroatoms. The van der Waals surface area contributed by atoms with Gasteiger partial charge in [-0.25, -0.2) is 0 Å². The maximum Gasteiger partial charge on any atom is 0.225 e. The summed E-state index contributed by atoms with van der Waals surface area (Å²) in [5.41, 5.74) is 1.07. The number of amides is 1. The van der Waals surface area contributed by atoms with Crippen LogP contribution >= 0.6 is 11.6 Å². The first-order valence-corrected chi connectivity index (χ1v) is 6.13. The molecule has 0 aliphatic heterocycles. The van der Waals surface area contributed by atoms with Crippen LogP contribution in [0, 0.1) is 0 Å². The van der Waals surface area contributed by atoms with Crippen molar-refractivity contribution in [2.45, 2.75) is 19.9 Å². The molecule has 0 unspecified atom stereocenters. The number of aromatic nitrogens is 2. The number of carbonyl (C=O) groups is 1. The summed E-state index contributed by atoms with van der Waals surface area (Å²) in [5.74, 6) is 0.534. The fourth-order valence-electron chi connectivity index (χ4n) is 1.57. The molecule has 4 nitrogen and oxygen atoms in total. The molecular formula is C13H14ClN3O. The fraction of sp³-hybridized carbons (Fsp3) is 0.231. The Hall–Kier alpha value is -1.81. The summed E-state index contributed by atoms with van der Waals surface area (Å²) in [6.45, 7) is 2.43. The second kappa shape index (κ2) is 5.69. The molecule has 0 saturated heterocycles. The SMILES string of the molecule is CCC(=O)Nc1ccn(Cc2cccc(Cl)c2)n1. The lowest BCUT2D eigenvalue weighted by molar-refractivity contribution is -0.115. The zero-order valence-corrected chi connectivity index (χ0v) is 10.8. The Balaban J connectivity index is 2.04. The molecule has 0 fully saturated rings. The van der Waals surface area contributed by atoms with Gasteiger partial charge in [0.2, 0.25) is 5.91 Å². The number of nitrogens with one attached hydrogen (secondary N) is 1. The predicted molar refractivity (Wildman–Crippen MR) is 71.7 cm³/mol. The molecule has 1 amide bonds. The van der Waals surface area contributed by atoms with Gasteiger partial charge in [0, 0.05) is 23.7 Å². The first kappa shape index (κ1) is 12.6. The predicted octanol–water partition coefficient (Wildman–Crippen LogP) is 2.93. The van der Waals surface area contributed by atoms with Crippen LogP contribution in [-0.2, 0) is 11.3 Å². The van der Waals surface area contributed by atoms with Crippen LogP contribution in [0.4, 0.5) is 5.82 Å². The maximum absolute atomic E-state index is 11.2. The van der Waals surface area contributed by atoms with Gasteiger partial charge in [0.1, 0.15) is 0 Å². The van der Waals surface area contributed by atoms with Crippen molar-refractivity contribution >= 4 is 23.3 Å². The van der Waals surface area contributed by atoms with Crippen molar-refractivity contribution in [2.24, 2.45) is 0 Å². The van der Waals surface area contributed by atoms with Crippen LogP contribution in [0.25, 0.3) is 0 Å². The summed E-state index contributed by atoms with van der Waals surface area (Å²) in [4.78, 5) is 11.2. The Morgan fingerprint density at radius 3 is 3.00 bits per heavy atom. The maximum atomic E-state index is 11.2. The number of nitrogens with zero attached hydrogens (tertiary/aromatic N) is 2. The van der Waals surface area contributed by atoms with Crippen LogP contribution < -0.4 is 5.32 Å². The average molecular weight is 264 g/mol. The van der Waals surface area contributed by atoms with E-state index in [0.29, 0.717) is 23.8 Å². The van der Waals surface area contributed by atoms with Crippen LogP contribution in [0.5, 0.6) is 0 Å². The van der Waals surface area contributed by atoms with Crippen molar-refractivity contribution in [3.63, 3.8) is 0 Å². The number of anilines is 1. The van der Waals surface area contributed by atoms with Crippen molar-refractivity contribution in [3.8, 4) is 0 Å². The van der Waals surface area contributed by atoms with Crippen LogP contribution in [0.1, 0.15) is 18.9 Å². The van der Waals surface area contributed by atoms with E-state index in [4.69, 9.17) is 11.6 Å². The second-order valence-electron chi connectivity index (χ2n) is 3.93. The van der Waals surface area contributed by atoms with E-state index >= 15 is 0 Å². The van der Waals surface area contributed by atoms with Gasteiger partial charge in [0.25, 0.3) is 0 Å². The van der Waals surface area contributed by atoms with Gasteiger partial charge in [0.15, 0.2) is 5.82 Å². The molecule has 1 heterocycles. The molecule has 1 N–H and O–H groups in total. The highest BCUT2D eigenvalue weighted by molar-refractivity contribution is 6.30. The third kappa shape index (κ3) is 3.34. The minimum Gasteiger partial charge on any atom is -0.309 e. The Labute approximate surface area is 111 Å². The standard InChI is InChI=1S/C13H14ClN3O/c1-2-13(18)15-12-6-7-17(16-12)9-10-4-3-5-11(14)8-10/h3-8H,2,9H2,1H3,(H,15,16,18). The molecule has 0 atom stereocenters. The molecule has 0 spiro atoms. The average Bonchev–Trinajstić information content (AvgIpc) is 2.76. The van der Waals surface area contributed by atoms with Crippen molar-refractivity contribution in [1.82, 2.24) is 9.78 Å². The van der Waals surface area contributed by atoms with E-state index in [1.807, 2.05) is 30.5 Å². The summed E-state index contributed by atoms with van der Waals surface area (Å²) in [7, 11) is 0. The van der Waals surface area contributed by atoms with Gasteiger partial charge >= 0.3 is 0 Å². The van der Waals surface area contributed by atoms with E-state index in [0.717, 1.165) is 5.56 Å². The van der Waals surface area contributed by atoms with E-state index in [2.05, 4.69) is 10.4 Å². The van der Waals surface area contributed by atoms with Crippen molar-refractivity contribution in [3.05, 3.63) is 47.1 Å². The lowest BCUT2D eigenvalue weighted by Gasteiger charge is -2.02. The molecule has 0 aliphatic carbocycles. The zero-order valence-electron chi connectivity index (χ0n) is 10.1. The molecular weight excluding hydrogens is 250 g/mol. The normalized spacial score (nSPS) is 10.3. The first-order chi connectivity index (χ1) is 8.67. The van der Waals surface area contributed by atoms with Crippen molar-refractivity contribution in [2.75, 3.05) is 5.32 Å². The smallest absolute Gasteiger partial charge is 0.225 e. The third-order valence-corrected chi connectivity index (χ3v) is 2.70. The highest BCUT2D eigenvalue weighted by Crippen LogP contribution is 2.12. The first-order valence-electron chi connectivity index (χ1n) is 5.75. The number of benzene rings is 1. The fourth-order valence-corrected chi connectivity index (χ4v) is 1.78. The van der Waals surface area contributed by atoms with Crippen molar-refractivity contribution < 1.29 is 4.79 Å². The van der Waals surface area contributed by atoms with Gasteiger partial charge in [-0.3, -0.25) is 9.48 Å². The van der Waals surface area contributed by atoms with Crippen LogP contribution in [-0.4, -0.2) is 15.7 Å². The molecule has 0 radical (unpaired) electrons. The monoisotopic (exact) mass is 263 g/mol. The number of hydrogen-bond acceptors (Lipinski definition) is 2. The Morgan fingerprint density at radius 2 is 2.28 bits per heavy atom. The highest BCUT2D eigenvalue weighted by atomic mass is 35.5. The van der Waals surface area contributed by atoms with Crippen LogP contribution in [0.2, 0.25) is 5.02 Å². The Bertz CT molecular complexity index is 551. The lowest BCUT2D eigenvalue weighted by atomic mass is 10.2. The van der Waals surface area contributed by atoms with Gasteiger partial charge in [-0.15, -0.1) is 0 Å². The van der Waals surface area contributed by atoms with Gasteiger partial charge in [-0.1, -0.05) is 30.7 Å². The number of hydrogen-bond donors (Lipinski definition) is 1. The van der Waals surface area contributed by atoms with E-state index in [1.165, 1.54) is 0 Å². The van der Waals surface area contributed by atoms with E-state index < -0.39 is 0 Å². The minimum absolute atomic E-state index is 0.0389. The Morgan fingerprint density at radius 1 is 1.44 bits per heavy atom. The van der Waals surface area contributed by atoms with Crippen LogP contribution in [0.15, 0.2) is 36.5 Å². The minimum atomic E-state index is -0.0389. The molecule has 1 aromatic heterocycles. The highest BCUT2D eigenvalue weighted by Gasteiger charge is 2.03. The zero-order chi connectivity index (χ0) is 13.0. The van der Waals surface area contributed by atoms with Gasteiger partial charge in [-0.05, 0) is 17.7 Å². The number of rotatable bonds is 4. The molecule has 94 valence electrons. The summed E-state index contributed by atoms with van der Waals surface area (Å²) in [6, 6.07) is 9.39. The topological polar surface area (TPSA) is 46.9 Å². The molecule has 0 bridgehead atoms. The summed E-state index contributed by atoms with van der Waals surface area (Å²) in [6.07, 6.45) is 2.27. The van der Waals surface area contributed by atoms with Crippen molar-refractivity contribution in [1.29, 1.82) is 0 Å². The summed E-state index contributed by atoms with van der Waals surface area (Å²) >= 11 is 5.92. The lowest BCUT2D eigenvalue weighted by Crippen LogP contribution is -2.10. The third-order valence-electron chi connectivity index (χ3n) is 2.46. The molecule has 0 aliphatic rings. The number of carbonyl (C=O) groups excluding carboxylic acids is 1. The van der Waals surface area contributed by atoms with Gasteiger partial charge in [0.05, 0.1) is 6.54 Å².